The fourth-order valence-corrected chi connectivity index (χ4v) is 2.84. The van der Waals surface area contributed by atoms with Crippen LogP contribution >= 0.6 is 39.1 Å². The van der Waals surface area contributed by atoms with E-state index in [0.717, 1.165) is 10.0 Å². The van der Waals surface area contributed by atoms with Crippen molar-refractivity contribution >= 4 is 39.1 Å². The molecule has 20 heavy (non-hydrogen) atoms. The van der Waals surface area contributed by atoms with E-state index in [4.69, 9.17) is 23.2 Å². The molecule has 0 saturated heterocycles. The first-order valence-electron chi connectivity index (χ1n) is 6.07. The van der Waals surface area contributed by atoms with Crippen LogP contribution in [0.1, 0.15) is 17.2 Å². The summed E-state index contributed by atoms with van der Waals surface area (Å²) in [6, 6.07) is 10.3. The molecule has 1 atom stereocenters. The molecular weight excluding hydrogens is 364 g/mol. The lowest BCUT2D eigenvalue weighted by molar-refractivity contribution is 0.554. The normalized spacial score (nSPS) is 12.4. The SMILES string of the molecule is CNC(Cc1ccc(Cl)cc1F)c1cc(Br)ccc1Cl. The molecule has 0 amide bonds. The maximum absolute atomic E-state index is 13.9. The predicted molar refractivity (Wildman–Crippen MR) is 86.1 cm³/mol. The van der Waals surface area contributed by atoms with Crippen molar-refractivity contribution < 1.29 is 4.39 Å². The second-order valence-corrected chi connectivity index (χ2v) is 6.21. The van der Waals surface area contributed by atoms with Gasteiger partial charge in [-0.05, 0) is 54.9 Å². The zero-order valence-electron chi connectivity index (χ0n) is 10.8. The summed E-state index contributed by atoms with van der Waals surface area (Å²) < 4.78 is 14.8. The minimum atomic E-state index is -0.302. The molecule has 0 aliphatic carbocycles. The zero-order valence-corrected chi connectivity index (χ0v) is 13.9. The minimum absolute atomic E-state index is 0.0734. The van der Waals surface area contributed by atoms with Crippen LogP contribution in [0, 0.1) is 5.82 Å². The van der Waals surface area contributed by atoms with Gasteiger partial charge in [-0.15, -0.1) is 0 Å². The van der Waals surface area contributed by atoms with Crippen LogP contribution in [0.25, 0.3) is 0 Å². The molecule has 2 aromatic carbocycles. The third-order valence-electron chi connectivity index (χ3n) is 3.12. The maximum Gasteiger partial charge on any atom is 0.127 e. The molecule has 2 rings (SSSR count). The van der Waals surface area contributed by atoms with Gasteiger partial charge in [0.05, 0.1) is 0 Å². The van der Waals surface area contributed by atoms with Crippen molar-refractivity contribution in [2.45, 2.75) is 12.5 Å². The molecule has 0 fully saturated rings. The first-order valence-corrected chi connectivity index (χ1v) is 7.62. The van der Waals surface area contributed by atoms with Gasteiger partial charge in [0.15, 0.2) is 0 Å². The summed E-state index contributed by atoms with van der Waals surface area (Å²) in [4.78, 5) is 0. The molecule has 2 aromatic rings. The van der Waals surface area contributed by atoms with Crippen LogP contribution in [0.2, 0.25) is 10.0 Å². The zero-order chi connectivity index (χ0) is 14.7. The highest BCUT2D eigenvalue weighted by Crippen LogP contribution is 2.29. The Morgan fingerprint density at radius 3 is 2.60 bits per heavy atom. The van der Waals surface area contributed by atoms with Gasteiger partial charge in [-0.1, -0.05) is 45.2 Å². The van der Waals surface area contributed by atoms with Gasteiger partial charge < -0.3 is 5.32 Å². The van der Waals surface area contributed by atoms with Crippen molar-refractivity contribution in [3.05, 3.63) is 67.9 Å². The van der Waals surface area contributed by atoms with Crippen LogP contribution in [-0.2, 0) is 6.42 Å². The molecule has 0 aliphatic rings. The van der Waals surface area contributed by atoms with Crippen LogP contribution in [0.4, 0.5) is 4.39 Å². The van der Waals surface area contributed by atoms with Crippen molar-refractivity contribution in [2.75, 3.05) is 7.05 Å². The molecule has 1 N–H and O–H groups in total. The number of hydrogen-bond acceptors (Lipinski definition) is 1. The highest BCUT2D eigenvalue weighted by molar-refractivity contribution is 9.10. The van der Waals surface area contributed by atoms with Crippen molar-refractivity contribution in [1.29, 1.82) is 0 Å². The monoisotopic (exact) mass is 375 g/mol. The summed E-state index contributed by atoms with van der Waals surface area (Å²) in [5.41, 5.74) is 1.53. The Morgan fingerprint density at radius 1 is 1.20 bits per heavy atom. The smallest absolute Gasteiger partial charge is 0.127 e. The lowest BCUT2D eigenvalue weighted by atomic mass is 9.98. The Kier molecular flexibility index (Phi) is 5.44. The Morgan fingerprint density at radius 2 is 1.95 bits per heavy atom. The number of rotatable bonds is 4. The average Bonchev–Trinajstić information content (AvgIpc) is 2.41. The number of benzene rings is 2. The van der Waals surface area contributed by atoms with E-state index < -0.39 is 0 Å². The van der Waals surface area contributed by atoms with Crippen molar-refractivity contribution in [2.24, 2.45) is 0 Å². The minimum Gasteiger partial charge on any atom is -0.313 e. The van der Waals surface area contributed by atoms with Gasteiger partial charge >= 0.3 is 0 Å². The quantitative estimate of drug-likeness (QED) is 0.753. The highest BCUT2D eigenvalue weighted by atomic mass is 79.9. The lowest BCUT2D eigenvalue weighted by Gasteiger charge is -2.19. The lowest BCUT2D eigenvalue weighted by Crippen LogP contribution is -2.19. The van der Waals surface area contributed by atoms with E-state index in [0.29, 0.717) is 22.0 Å². The van der Waals surface area contributed by atoms with Crippen molar-refractivity contribution in [3.63, 3.8) is 0 Å². The molecule has 1 nitrogen and oxygen atoms in total. The van der Waals surface area contributed by atoms with Crippen LogP contribution in [0.3, 0.4) is 0 Å². The van der Waals surface area contributed by atoms with E-state index >= 15 is 0 Å². The topological polar surface area (TPSA) is 12.0 Å². The first-order chi connectivity index (χ1) is 9.51. The van der Waals surface area contributed by atoms with E-state index in [-0.39, 0.29) is 11.9 Å². The Hall–Kier alpha value is -0.610. The first kappa shape index (κ1) is 15.8. The van der Waals surface area contributed by atoms with Gasteiger partial charge in [-0.2, -0.15) is 0 Å². The molecule has 106 valence electrons. The fraction of sp³-hybridized carbons (Fsp3) is 0.200. The standard InChI is InChI=1S/C15H13BrCl2FN/c1-20-15(12-7-10(16)3-5-13(12)18)6-9-2-4-11(17)8-14(9)19/h2-5,7-8,15,20H,6H2,1H3. The number of nitrogens with one attached hydrogen (secondary N) is 1. The van der Waals surface area contributed by atoms with Crippen molar-refractivity contribution in [1.82, 2.24) is 5.32 Å². The Bertz CT molecular complexity index is 619. The van der Waals surface area contributed by atoms with E-state index in [1.54, 1.807) is 12.1 Å². The van der Waals surface area contributed by atoms with Gasteiger partial charge in [0.1, 0.15) is 5.82 Å². The summed E-state index contributed by atoms with van der Waals surface area (Å²) in [6.45, 7) is 0. The molecule has 0 aliphatic heterocycles. The summed E-state index contributed by atoms with van der Waals surface area (Å²) in [6.07, 6.45) is 0.496. The number of halogens is 4. The molecule has 0 spiro atoms. The fourth-order valence-electron chi connectivity index (χ4n) is 2.06. The van der Waals surface area contributed by atoms with Gasteiger partial charge in [0.25, 0.3) is 0 Å². The molecule has 0 heterocycles. The van der Waals surface area contributed by atoms with Crippen LogP contribution in [0.15, 0.2) is 40.9 Å². The van der Waals surface area contributed by atoms with Gasteiger partial charge in [0, 0.05) is 20.6 Å². The third kappa shape index (κ3) is 3.73. The summed E-state index contributed by atoms with van der Waals surface area (Å²) in [5.74, 6) is -0.302. The van der Waals surface area contributed by atoms with E-state index in [1.807, 2.05) is 25.2 Å². The Balaban J connectivity index is 2.31. The van der Waals surface area contributed by atoms with Gasteiger partial charge in [-0.25, -0.2) is 4.39 Å². The van der Waals surface area contributed by atoms with Crippen molar-refractivity contribution in [3.8, 4) is 0 Å². The Labute approximate surface area is 136 Å². The van der Waals surface area contributed by atoms with E-state index in [2.05, 4.69) is 21.2 Å². The molecule has 0 bridgehead atoms. The summed E-state index contributed by atoms with van der Waals surface area (Å²) >= 11 is 15.4. The average molecular weight is 377 g/mol. The van der Waals surface area contributed by atoms with Crippen LogP contribution in [-0.4, -0.2) is 7.05 Å². The van der Waals surface area contributed by atoms with E-state index in [1.165, 1.54) is 6.07 Å². The summed E-state index contributed by atoms with van der Waals surface area (Å²) in [7, 11) is 1.83. The highest BCUT2D eigenvalue weighted by Gasteiger charge is 2.16. The molecule has 0 radical (unpaired) electrons. The molecular formula is C15H13BrCl2FN. The largest absolute Gasteiger partial charge is 0.313 e. The predicted octanol–water partition coefficient (Wildman–Crippen LogP) is 5.40. The molecule has 0 aromatic heterocycles. The number of likely N-dealkylation sites (N-methyl/N-ethyl adjacent to an activating group) is 1. The molecule has 5 heteroatoms. The molecule has 1 unspecified atom stereocenters. The second kappa shape index (κ2) is 6.90. The molecule has 0 saturated carbocycles. The van der Waals surface area contributed by atoms with Crippen LogP contribution < -0.4 is 5.32 Å². The van der Waals surface area contributed by atoms with Gasteiger partial charge in [0.2, 0.25) is 0 Å². The number of hydrogen-bond donors (Lipinski definition) is 1. The summed E-state index contributed by atoms with van der Waals surface area (Å²) in [5, 5.41) is 4.22. The maximum atomic E-state index is 13.9. The third-order valence-corrected chi connectivity index (χ3v) is 4.19. The van der Waals surface area contributed by atoms with Crippen LogP contribution in [0.5, 0.6) is 0 Å². The van der Waals surface area contributed by atoms with Gasteiger partial charge in [-0.3, -0.25) is 0 Å². The van der Waals surface area contributed by atoms with E-state index in [9.17, 15) is 4.39 Å². The second-order valence-electron chi connectivity index (χ2n) is 4.45.